The van der Waals surface area contributed by atoms with Crippen molar-refractivity contribution >= 4 is 0 Å². The molecule has 0 aliphatic heterocycles. The monoisotopic (exact) mass is 364 g/mol. The van der Waals surface area contributed by atoms with Crippen LogP contribution in [0.3, 0.4) is 0 Å². The van der Waals surface area contributed by atoms with Crippen LogP contribution in [0.5, 0.6) is 0 Å². The van der Waals surface area contributed by atoms with Crippen molar-refractivity contribution < 1.29 is 4.74 Å². The average Bonchev–Trinajstić information content (AvgIpc) is 2.69. The Morgan fingerprint density at radius 2 is 0.400 bits per heavy atom. The first-order valence-electron chi connectivity index (χ1n) is 11.6. The van der Waals surface area contributed by atoms with Crippen molar-refractivity contribution in [3.8, 4) is 0 Å². The summed E-state index contributed by atoms with van der Waals surface area (Å²) in [5.41, 5.74) is 0. The second kappa shape index (κ2) is 75.2. The van der Waals surface area contributed by atoms with Gasteiger partial charge in [-0.15, -0.1) is 0 Å². The molecule has 1 heteroatoms. The van der Waals surface area contributed by atoms with E-state index in [1.165, 1.54) is 64.2 Å². The van der Waals surface area contributed by atoms with Gasteiger partial charge in [0.2, 0.25) is 0 Å². The lowest BCUT2D eigenvalue weighted by Gasteiger charge is -1.86. The Bertz CT molecular complexity index is 67.0. The fraction of sp³-hybridized carbons (Fsp3) is 1.00. The first-order chi connectivity index (χ1) is 12.0. The topological polar surface area (TPSA) is 9.23 Å². The Hall–Kier alpha value is -0.0400. The SMILES string of the molecule is CCCC.CCCC.CCCC.CCCC.CCCC.CCOCC. The molecule has 0 aliphatic rings. The predicted molar refractivity (Wildman–Crippen MR) is 125 cm³/mol. The zero-order valence-corrected chi connectivity index (χ0v) is 20.9. The summed E-state index contributed by atoms with van der Waals surface area (Å²) in [6.07, 6.45) is 13.2. The number of rotatable bonds is 7. The van der Waals surface area contributed by atoms with E-state index in [1.807, 2.05) is 13.8 Å². The van der Waals surface area contributed by atoms with Gasteiger partial charge in [-0.2, -0.15) is 0 Å². The Labute approximate surface area is 165 Å². The molecular weight excluding hydrogens is 304 g/mol. The molecule has 0 rings (SSSR count). The zero-order chi connectivity index (χ0) is 21.2. The van der Waals surface area contributed by atoms with Gasteiger partial charge in [-0.05, 0) is 13.8 Å². The van der Waals surface area contributed by atoms with Gasteiger partial charge < -0.3 is 4.74 Å². The first-order valence-corrected chi connectivity index (χ1v) is 11.6. The van der Waals surface area contributed by atoms with E-state index in [9.17, 15) is 0 Å². The maximum absolute atomic E-state index is 4.83. The minimum Gasteiger partial charge on any atom is -0.382 e. The molecule has 0 aromatic heterocycles. The smallest absolute Gasteiger partial charge is 0.0437 e. The van der Waals surface area contributed by atoms with Crippen molar-refractivity contribution in [3.63, 3.8) is 0 Å². The van der Waals surface area contributed by atoms with Gasteiger partial charge in [-0.3, -0.25) is 0 Å². The Morgan fingerprint density at radius 1 is 0.280 bits per heavy atom. The predicted octanol–water partition coefficient (Wildman–Crippen LogP) is 10.1. The van der Waals surface area contributed by atoms with Crippen LogP contribution < -0.4 is 0 Å². The Kier molecular flexibility index (Phi) is 120. The summed E-state index contributed by atoms with van der Waals surface area (Å²) in [7, 11) is 0. The lowest BCUT2D eigenvalue weighted by Crippen LogP contribution is -1.84. The highest BCUT2D eigenvalue weighted by molar-refractivity contribution is 4.14. The molecular formula is C24H60O. The van der Waals surface area contributed by atoms with Crippen molar-refractivity contribution in [3.05, 3.63) is 0 Å². The van der Waals surface area contributed by atoms with Crippen molar-refractivity contribution in [1.82, 2.24) is 0 Å². The van der Waals surface area contributed by atoms with Gasteiger partial charge in [0, 0.05) is 13.2 Å². The third-order valence-electron chi connectivity index (χ3n) is 2.91. The van der Waals surface area contributed by atoms with Gasteiger partial charge in [-0.1, -0.05) is 133 Å². The van der Waals surface area contributed by atoms with Crippen LogP contribution in [0.25, 0.3) is 0 Å². The Balaban J connectivity index is -0.0000000434. The molecule has 0 heterocycles. The standard InChI is InChI=1S/C4H10O.5C4H10/c1-3-5-4-2;5*1-3-4-2/h3-4H2,1-2H3;5*3-4H2,1-2H3. The molecule has 0 radical (unpaired) electrons. The molecule has 0 saturated heterocycles. The normalized spacial score (nSPS) is 7.68. The van der Waals surface area contributed by atoms with Crippen molar-refractivity contribution in [2.24, 2.45) is 0 Å². The largest absolute Gasteiger partial charge is 0.382 e. The molecule has 0 aliphatic carbocycles. The Morgan fingerprint density at radius 3 is 0.400 bits per heavy atom. The van der Waals surface area contributed by atoms with Gasteiger partial charge in [0.05, 0.1) is 0 Å². The molecule has 0 saturated carbocycles. The molecule has 0 N–H and O–H groups in total. The summed E-state index contributed by atoms with van der Waals surface area (Å²) >= 11 is 0. The summed E-state index contributed by atoms with van der Waals surface area (Å²) in [6, 6.07) is 0. The van der Waals surface area contributed by atoms with E-state index < -0.39 is 0 Å². The molecule has 0 aromatic rings. The van der Waals surface area contributed by atoms with Crippen LogP contribution in [0.2, 0.25) is 0 Å². The summed E-state index contributed by atoms with van der Waals surface area (Å²) in [6.45, 7) is 27.5. The van der Waals surface area contributed by atoms with Gasteiger partial charge in [-0.25, -0.2) is 0 Å². The lowest BCUT2D eigenvalue weighted by atomic mass is 10.4. The number of unbranched alkanes of at least 4 members (excludes halogenated alkanes) is 5. The fourth-order valence-electron chi connectivity index (χ4n) is 0.204. The lowest BCUT2D eigenvalue weighted by molar-refractivity contribution is 0.162. The molecule has 0 unspecified atom stereocenters. The minimum atomic E-state index is 0.844. The maximum Gasteiger partial charge on any atom is 0.0437 e. The quantitative estimate of drug-likeness (QED) is 0.436. The number of hydrogen-bond donors (Lipinski definition) is 0. The van der Waals surface area contributed by atoms with Crippen LogP contribution in [0.15, 0.2) is 0 Å². The third kappa shape index (κ3) is 239. The van der Waals surface area contributed by atoms with Crippen LogP contribution >= 0.6 is 0 Å². The zero-order valence-electron chi connectivity index (χ0n) is 20.9. The third-order valence-corrected chi connectivity index (χ3v) is 2.91. The molecule has 0 amide bonds. The van der Waals surface area contributed by atoms with E-state index in [0.29, 0.717) is 0 Å². The van der Waals surface area contributed by atoms with E-state index in [0.717, 1.165) is 13.2 Å². The van der Waals surface area contributed by atoms with Crippen molar-refractivity contribution in [1.29, 1.82) is 0 Å². The molecule has 1 nitrogen and oxygen atoms in total. The van der Waals surface area contributed by atoms with Gasteiger partial charge in [0.1, 0.15) is 0 Å². The first kappa shape index (κ1) is 39.9. The van der Waals surface area contributed by atoms with E-state index in [4.69, 9.17) is 4.74 Å². The molecule has 162 valence electrons. The van der Waals surface area contributed by atoms with Crippen molar-refractivity contribution in [2.45, 2.75) is 147 Å². The summed E-state index contributed by atoms with van der Waals surface area (Å²) < 4.78 is 4.83. The number of ether oxygens (including phenoxy) is 1. The van der Waals surface area contributed by atoms with Crippen LogP contribution in [0.1, 0.15) is 147 Å². The van der Waals surface area contributed by atoms with Crippen LogP contribution in [-0.2, 0) is 4.74 Å². The van der Waals surface area contributed by atoms with E-state index in [1.54, 1.807) is 0 Å². The van der Waals surface area contributed by atoms with Crippen LogP contribution in [-0.4, -0.2) is 13.2 Å². The fourth-order valence-corrected chi connectivity index (χ4v) is 0.204. The molecule has 25 heavy (non-hydrogen) atoms. The second-order valence-corrected chi connectivity index (χ2v) is 5.78. The van der Waals surface area contributed by atoms with E-state index in [2.05, 4.69) is 69.2 Å². The van der Waals surface area contributed by atoms with E-state index in [-0.39, 0.29) is 0 Å². The molecule has 0 fully saturated rings. The molecule has 0 aromatic carbocycles. The molecule has 0 bridgehead atoms. The van der Waals surface area contributed by atoms with Gasteiger partial charge >= 0.3 is 0 Å². The summed E-state index contributed by atoms with van der Waals surface area (Å²) in [4.78, 5) is 0. The van der Waals surface area contributed by atoms with Crippen LogP contribution in [0.4, 0.5) is 0 Å². The molecule has 0 atom stereocenters. The van der Waals surface area contributed by atoms with Gasteiger partial charge in [0.15, 0.2) is 0 Å². The van der Waals surface area contributed by atoms with Crippen molar-refractivity contribution in [2.75, 3.05) is 13.2 Å². The van der Waals surface area contributed by atoms with E-state index >= 15 is 0 Å². The highest BCUT2D eigenvalue weighted by atomic mass is 16.5. The maximum atomic E-state index is 4.83. The second-order valence-electron chi connectivity index (χ2n) is 5.78. The molecule has 0 spiro atoms. The van der Waals surface area contributed by atoms with Crippen LogP contribution in [0, 0.1) is 0 Å². The minimum absolute atomic E-state index is 0.844. The number of hydrogen-bond acceptors (Lipinski definition) is 1. The highest BCUT2D eigenvalue weighted by Crippen LogP contribution is 1.78. The summed E-state index contributed by atoms with van der Waals surface area (Å²) in [5, 5.41) is 0. The van der Waals surface area contributed by atoms with Gasteiger partial charge in [0.25, 0.3) is 0 Å². The summed E-state index contributed by atoms with van der Waals surface area (Å²) in [5.74, 6) is 0. The average molecular weight is 365 g/mol. The highest BCUT2D eigenvalue weighted by Gasteiger charge is 1.64.